The average Bonchev–Trinajstić information content (AvgIpc) is 3.11. The monoisotopic (exact) mass is 448 g/mol. The zero-order valence-electron chi connectivity index (χ0n) is 19.1. The molecule has 2 aromatic carbocycles. The Morgan fingerprint density at radius 3 is 2.56 bits per heavy atom. The molecule has 4 aromatic rings. The molecule has 0 fully saturated rings. The highest BCUT2D eigenvalue weighted by Gasteiger charge is 2.12. The van der Waals surface area contributed by atoms with Gasteiger partial charge in [0.25, 0.3) is 0 Å². The molecule has 0 unspecified atom stereocenters. The van der Waals surface area contributed by atoms with Gasteiger partial charge in [0.2, 0.25) is 0 Å². The topological polar surface area (TPSA) is 72.8 Å². The zero-order valence-corrected chi connectivity index (χ0v) is 19.9. The molecule has 0 atom stereocenters. The molecule has 4 rings (SSSR count). The fourth-order valence-electron chi connectivity index (χ4n) is 3.67. The first-order chi connectivity index (χ1) is 15.3. The van der Waals surface area contributed by atoms with Crippen molar-refractivity contribution in [2.45, 2.75) is 51.1 Å². The number of thioether (sulfide) groups is 1. The number of hydrogen-bond donors (Lipinski definition) is 1. The number of H-pyrrole nitrogens is 1. The summed E-state index contributed by atoms with van der Waals surface area (Å²) < 4.78 is 7.82. The van der Waals surface area contributed by atoms with Gasteiger partial charge in [0.15, 0.2) is 16.4 Å². The van der Waals surface area contributed by atoms with E-state index in [0.29, 0.717) is 18.3 Å². The van der Waals surface area contributed by atoms with Crippen molar-refractivity contribution in [3.8, 4) is 5.75 Å². The van der Waals surface area contributed by atoms with Gasteiger partial charge >= 0.3 is 0 Å². The van der Waals surface area contributed by atoms with Crippen molar-refractivity contribution in [3.05, 3.63) is 80.9 Å². The second kappa shape index (κ2) is 9.20. The van der Waals surface area contributed by atoms with E-state index in [1.807, 2.05) is 43.7 Å². The van der Waals surface area contributed by atoms with E-state index in [9.17, 15) is 4.79 Å². The maximum atomic E-state index is 12.6. The largest absolute Gasteiger partial charge is 0.486 e. The summed E-state index contributed by atoms with van der Waals surface area (Å²) in [7, 11) is 1.93. The van der Waals surface area contributed by atoms with Crippen molar-refractivity contribution in [2.24, 2.45) is 7.05 Å². The van der Waals surface area contributed by atoms with Gasteiger partial charge in [0.05, 0.1) is 5.52 Å². The number of aryl methyl sites for hydroxylation is 2. The van der Waals surface area contributed by atoms with Crippen LogP contribution in [0.5, 0.6) is 5.75 Å². The van der Waals surface area contributed by atoms with Crippen molar-refractivity contribution in [3.63, 3.8) is 0 Å². The van der Waals surface area contributed by atoms with Crippen molar-refractivity contribution in [1.82, 2.24) is 19.7 Å². The van der Waals surface area contributed by atoms with Crippen LogP contribution in [0, 0.1) is 13.8 Å². The van der Waals surface area contributed by atoms with Crippen LogP contribution in [-0.4, -0.2) is 19.7 Å². The standard InChI is InChI=1S/C25H28N4O2S/c1-15(2)18-6-8-20(9-7-18)31-13-23-27-28-25(29(23)5)32-14-19-12-22(30)21-11-16(3)10-17(4)24(21)26-19/h6-12,15H,13-14H2,1-5H3,(H,26,30). The number of aromatic nitrogens is 4. The molecule has 6 nitrogen and oxygen atoms in total. The molecular formula is C25H28N4O2S. The predicted molar refractivity (Wildman–Crippen MR) is 129 cm³/mol. The van der Waals surface area contributed by atoms with Gasteiger partial charge in [-0.25, -0.2) is 0 Å². The lowest BCUT2D eigenvalue weighted by atomic mass is 10.0. The Labute approximate surface area is 192 Å². The number of nitrogens with one attached hydrogen (secondary N) is 1. The summed E-state index contributed by atoms with van der Waals surface area (Å²) in [5.41, 5.74) is 5.25. The third-order valence-electron chi connectivity index (χ3n) is 5.53. The molecule has 0 radical (unpaired) electrons. The van der Waals surface area contributed by atoms with E-state index >= 15 is 0 Å². The van der Waals surface area contributed by atoms with E-state index in [2.05, 4.69) is 47.2 Å². The number of fused-ring (bicyclic) bond motifs is 1. The van der Waals surface area contributed by atoms with Crippen LogP contribution < -0.4 is 10.2 Å². The highest BCUT2D eigenvalue weighted by atomic mass is 32.2. The molecule has 2 heterocycles. The lowest BCUT2D eigenvalue weighted by molar-refractivity contribution is 0.290. The lowest BCUT2D eigenvalue weighted by Gasteiger charge is -2.09. The van der Waals surface area contributed by atoms with Crippen molar-refractivity contribution >= 4 is 22.7 Å². The number of rotatable bonds is 7. The first kappa shape index (κ1) is 22.1. The van der Waals surface area contributed by atoms with E-state index in [1.54, 1.807) is 6.07 Å². The van der Waals surface area contributed by atoms with Crippen LogP contribution in [0.4, 0.5) is 0 Å². The summed E-state index contributed by atoms with van der Waals surface area (Å²) in [6, 6.07) is 13.8. The van der Waals surface area contributed by atoms with Crippen LogP contribution >= 0.6 is 11.8 Å². The summed E-state index contributed by atoms with van der Waals surface area (Å²) in [6.07, 6.45) is 0. The minimum absolute atomic E-state index is 0.0386. The average molecular weight is 449 g/mol. The molecule has 0 aliphatic rings. The molecule has 32 heavy (non-hydrogen) atoms. The highest BCUT2D eigenvalue weighted by molar-refractivity contribution is 7.98. The Morgan fingerprint density at radius 2 is 1.84 bits per heavy atom. The van der Waals surface area contributed by atoms with Gasteiger partial charge in [-0.1, -0.05) is 43.8 Å². The smallest absolute Gasteiger partial charge is 0.191 e. The third-order valence-corrected chi connectivity index (χ3v) is 6.60. The van der Waals surface area contributed by atoms with E-state index in [1.165, 1.54) is 17.3 Å². The van der Waals surface area contributed by atoms with E-state index < -0.39 is 0 Å². The fraction of sp³-hybridized carbons (Fsp3) is 0.320. The molecule has 0 aliphatic heterocycles. The molecule has 0 saturated carbocycles. The van der Waals surface area contributed by atoms with Gasteiger partial charge in [-0.05, 0) is 54.7 Å². The number of hydrogen-bond acceptors (Lipinski definition) is 5. The number of pyridine rings is 1. The molecule has 0 spiro atoms. The Hall–Kier alpha value is -3.06. The van der Waals surface area contributed by atoms with Gasteiger partial charge < -0.3 is 14.3 Å². The number of aromatic amines is 1. The van der Waals surface area contributed by atoms with Crippen molar-refractivity contribution in [2.75, 3.05) is 0 Å². The highest BCUT2D eigenvalue weighted by Crippen LogP contribution is 2.23. The SMILES string of the molecule is Cc1cc(C)c2[nH]c(CSc3nnc(COc4ccc(C(C)C)cc4)n3C)cc(=O)c2c1. The fourth-order valence-corrected chi connectivity index (χ4v) is 4.51. The molecule has 7 heteroatoms. The number of ether oxygens (including phenoxy) is 1. The Morgan fingerprint density at radius 1 is 1.09 bits per heavy atom. The lowest BCUT2D eigenvalue weighted by Crippen LogP contribution is -2.06. The maximum absolute atomic E-state index is 12.6. The van der Waals surface area contributed by atoms with E-state index in [4.69, 9.17) is 4.74 Å². The van der Waals surface area contributed by atoms with Crippen LogP contribution in [0.3, 0.4) is 0 Å². The zero-order chi connectivity index (χ0) is 22.8. The summed E-state index contributed by atoms with van der Waals surface area (Å²) in [4.78, 5) is 16.0. The normalized spacial score (nSPS) is 11.4. The summed E-state index contributed by atoms with van der Waals surface area (Å²) >= 11 is 1.54. The van der Waals surface area contributed by atoms with Crippen LogP contribution in [0.1, 0.15) is 48.0 Å². The third kappa shape index (κ3) is 4.72. The maximum Gasteiger partial charge on any atom is 0.191 e. The Kier molecular flexibility index (Phi) is 6.37. The first-order valence-corrected chi connectivity index (χ1v) is 11.7. The van der Waals surface area contributed by atoms with Gasteiger partial charge in [-0.15, -0.1) is 10.2 Å². The predicted octanol–water partition coefficient (Wildman–Crippen LogP) is 5.27. The van der Waals surface area contributed by atoms with Crippen LogP contribution in [0.15, 0.2) is 52.4 Å². The Balaban J connectivity index is 1.43. The van der Waals surface area contributed by atoms with Gasteiger partial charge in [-0.2, -0.15) is 0 Å². The number of benzene rings is 2. The Bertz CT molecular complexity index is 1310. The van der Waals surface area contributed by atoms with Gasteiger partial charge in [0, 0.05) is 29.9 Å². The van der Waals surface area contributed by atoms with E-state index in [0.717, 1.165) is 44.5 Å². The molecule has 0 bridgehead atoms. The molecule has 166 valence electrons. The van der Waals surface area contributed by atoms with E-state index in [-0.39, 0.29) is 5.43 Å². The molecular weight excluding hydrogens is 420 g/mol. The van der Waals surface area contributed by atoms with Crippen LogP contribution in [0.25, 0.3) is 10.9 Å². The molecule has 2 aromatic heterocycles. The molecule has 1 N–H and O–H groups in total. The van der Waals surface area contributed by atoms with Gasteiger partial charge in [0.1, 0.15) is 12.4 Å². The summed E-state index contributed by atoms with van der Waals surface area (Å²) in [5.74, 6) is 2.65. The second-order valence-electron chi connectivity index (χ2n) is 8.42. The van der Waals surface area contributed by atoms with Gasteiger partial charge in [-0.3, -0.25) is 4.79 Å². The second-order valence-corrected chi connectivity index (χ2v) is 9.36. The summed E-state index contributed by atoms with van der Waals surface area (Å²) in [6.45, 7) is 8.71. The summed E-state index contributed by atoms with van der Waals surface area (Å²) in [5, 5.41) is 10.1. The molecule has 0 saturated heterocycles. The van der Waals surface area contributed by atoms with Crippen molar-refractivity contribution in [1.29, 1.82) is 0 Å². The van der Waals surface area contributed by atoms with Crippen LogP contribution in [-0.2, 0) is 19.4 Å². The molecule has 0 aliphatic carbocycles. The minimum Gasteiger partial charge on any atom is -0.486 e. The van der Waals surface area contributed by atoms with Crippen LogP contribution in [0.2, 0.25) is 0 Å². The first-order valence-electron chi connectivity index (χ1n) is 10.7. The minimum atomic E-state index is 0.0386. The molecule has 0 amide bonds. The van der Waals surface area contributed by atoms with Crippen molar-refractivity contribution < 1.29 is 4.74 Å². The quantitative estimate of drug-likeness (QED) is 0.390. The number of nitrogens with zero attached hydrogens (tertiary/aromatic N) is 3.